The first kappa shape index (κ1) is 14.1. The zero-order valence-corrected chi connectivity index (χ0v) is 12.6. The number of hydrogen-bond donors (Lipinski definition) is 0. The standard InChI is InChI=1S/C17H17N3O3/c21-15-12-5-1-2-6-13(12)16(22)20(15)11-9-19(10-11)17(23)14-7-3-4-8-18-14/h1-4,7-8,11-13H,5-6,9-10H2/t12-,13-/m1/s1. The minimum atomic E-state index is -0.201. The van der Waals surface area contributed by atoms with E-state index in [0.717, 1.165) is 0 Å². The van der Waals surface area contributed by atoms with Crippen LogP contribution in [0.15, 0.2) is 36.5 Å². The molecule has 2 fully saturated rings. The summed E-state index contributed by atoms with van der Waals surface area (Å²) in [6, 6.07) is 5.01. The summed E-state index contributed by atoms with van der Waals surface area (Å²) in [5.74, 6) is -0.695. The molecule has 0 N–H and O–H groups in total. The van der Waals surface area contributed by atoms with Gasteiger partial charge in [-0.25, -0.2) is 0 Å². The van der Waals surface area contributed by atoms with Gasteiger partial charge in [0.05, 0.1) is 17.9 Å². The number of carbonyl (C=O) groups excluding carboxylic acids is 3. The molecule has 118 valence electrons. The largest absolute Gasteiger partial charge is 0.333 e. The van der Waals surface area contributed by atoms with Gasteiger partial charge in [-0.2, -0.15) is 0 Å². The number of fused-ring (bicyclic) bond motifs is 1. The summed E-state index contributed by atoms with van der Waals surface area (Å²) < 4.78 is 0. The molecule has 1 aromatic rings. The Morgan fingerprint density at radius 2 is 1.70 bits per heavy atom. The van der Waals surface area contributed by atoms with Crippen molar-refractivity contribution in [2.45, 2.75) is 18.9 Å². The van der Waals surface area contributed by atoms with Crippen molar-refractivity contribution in [2.24, 2.45) is 11.8 Å². The molecule has 3 heterocycles. The monoisotopic (exact) mass is 311 g/mol. The molecule has 3 amide bonds. The number of likely N-dealkylation sites (tertiary alicyclic amines) is 2. The van der Waals surface area contributed by atoms with Crippen LogP contribution in [-0.4, -0.2) is 51.6 Å². The molecule has 2 aliphatic heterocycles. The van der Waals surface area contributed by atoms with E-state index in [1.807, 2.05) is 12.2 Å². The van der Waals surface area contributed by atoms with Gasteiger partial charge in [-0.1, -0.05) is 18.2 Å². The van der Waals surface area contributed by atoms with Crippen molar-refractivity contribution in [3.05, 3.63) is 42.2 Å². The second-order valence-corrected chi connectivity index (χ2v) is 6.28. The van der Waals surface area contributed by atoms with Crippen LogP contribution in [0.1, 0.15) is 23.3 Å². The van der Waals surface area contributed by atoms with Gasteiger partial charge in [0.1, 0.15) is 5.69 Å². The van der Waals surface area contributed by atoms with E-state index in [-0.39, 0.29) is 35.6 Å². The summed E-state index contributed by atoms with van der Waals surface area (Å²) in [7, 11) is 0. The number of rotatable bonds is 2. The molecule has 2 saturated heterocycles. The van der Waals surface area contributed by atoms with Crippen LogP contribution < -0.4 is 0 Å². The molecular weight excluding hydrogens is 294 g/mol. The van der Waals surface area contributed by atoms with Gasteiger partial charge in [0.15, 0.2) is 0 Å². The fourth-order valence-electron chi connectivity index (χ4n) is 3.62. The van der Waals surface area contributed by atoms with Crippen molar-refractivity contribution in [1.82, 2.24) is 14.8 Å². The van der Waals surface area contributed by atoms with Crippen molar-refractivity contribution >= 4 is 17.7 Å². The third-order valence-corrected chi connectivity index (χ3v) is 4.94. The van der Waals surface area contributed by atoms with Crippen LogP contribution in [0, 0.1) is 11.8 Å². The SMILES string of the molecule is O=C(c1ccccn1)N1CC(N2C(=O)[C@@H]3CC=CC[C@H]3C2=O)C1. The lowest BCUT2D eigenvalue weighted by atomic mass is 9.85. The van der Waals surface area contributed by atoms with Gasteiger partial charge >= 0.3 is 0 Å². The number of amides is 3. The Morgan fingerprint density at radius 1 is 1.04 bits per heavy atom. The molecule has 6 heteroatoms. The molecule has 6 nitrogen and oxygen atoms in total. The predicted octanol–water partition coefficient (Wildman–Crippen LogP) is 0.857. The smallest absolute Gasteiger partial charge is 0.272 e. The van der Waals surface area contributed by atoms with E-state index in [4.69, 9.17) is 0 Å². The second kappa shape index (κ2) is 5.30. The zero-order chi connectivity index (χ0) is 16.0. The maximum absolute atomic E-state index is 12.5. The van der Waals surface area contributed by atoms with Crippen molar-refractivity contribution in [2.75, 3.05) is 13.1 Å². The lowest BCUT2D eigenvalue weighted by molar-refractivity contribution is -0.145. The Bertz CT molecular complexity index is 668. The molecule has 1 aliphatic carbocycles. The van der Waals surface area contributed by atoms with Gasteiger partial charge in [-0.15, -0.1) is 0 Å². The van der Waals surface area contributed by atoms with Crippen LogP contribution in [-0.2, 0) is 9.59 Å². The van der Waals surface area contributed by atoms with Crippen LogP contribution in [0.2, 0.25) is 0 Å². The highest BCUT2D eigenvalue weighted by Crippen LogP contribution is 2.37. The Kier molecular flexibility index (Phi) is 3.25. The second-order valence-electron chi connectivity index (χ2n) is 6.28. The van der Waals surface area contributed by atoms with Crippen molar-refractivity contribution in [3.63, 3.8) is 0 Å². The Balaban J connectivity index is 1.43. The Hall–Kier alpha value is -2.50. The fraction of sp³-hybridized carbons (Fsp3) is 0.412. The van der Waals surface area contributed by atoms with Gasteiger partial charge in [-0.3, -0.25) is 24.3 Å². The van der Waals surface area contributed by atoms with E-state index < -0.39 is 0 Å². The molecular formula is C17H17N3O3. The number of pyridine rings is 1. The van der Waals surface area contributed by atoms with E-state index in [9.17, 15) is 14.4 Å². The molecule has 23 heavy (non-hydrogen) atoms. The normalized spacial score (nSPS) is 27.1. The molecule has 1 aromatic heterocycles. The number of carbonyl (C=O) groups is 3. The number of aromatic nitrogens is 1. The van der Waals surface area contributed by atoms with Gasteiger partial charge in [0.2, 0.25) is 11.8 Å². The first-order chi connectivity index (χ1) is 11.2. The maximum Gasteiger partial charge on any atom is 0.272 e. The number of allylic oxidation sites excluding steroid dienone is 2. The van der Waals surface area contributed by atoms with Crippen LogP contribution in [0.5, 0.6) is 0 Å². The molecule has 0 bridgehead atoms. The number of imide groups is 1. The lowest BCUT2D eigenvalue weighted by Gasteiger charge is -2.43. The Labute approximate surface area is 133 Å². The van der Waals surface area contributed by atoms with E-state index in [0.29, 0.717) is 31.6 Å². The summed E-state index contributed by atoms with van der Waals surface area (Å²) in [5, 5.41) is 0. The Morgan fingerprint density at radius 3 is 2.26 bits per heavy atom. The molecule has 0 unspecified atom stereocenters. The topological polar surface area (TPSA) is 70.6 Å². The fourth-order valence-corrected chi connectivity index (χ4v) is 3.62. The van der Waals surface area contributed by atoms with Crippen molar-refractivity contribution in [1.29, 1.82) is 0 Å². The highest BCUT2D eigenvalue weighted by molar-refractivity contribution is 6.06. The summed E-state index contributed by atoms with van der Waals surface area (Å²) in [6.45, 7) is 0.805. The summed E-state index contributed by atoms with van der Waals surface area (Å²) >= 11 is 0. The minimum absolute atomic E-state index is 0.0701. The zero-order valence-electron chi connectivity index (χ0n) is 12.6. The number of hydrogen-bond acceptors (Lipinski definition) is 4. The third-order valence-electron chi connectivity index (χ3n) is 4.94. The number of nitrogens with zero attached hydrogens (tertiary/aromatic N) is 3. The van der Waals surface area contributed by atoms with Crippen LogP contribution in [0.25, 0.3) is 0 Å². The van der Waals surface area contributed by atoms with Crippen molar-refractivity contribution < 1.29 is 14.4 Å². The van der Waals surface area contributed by atoms with Gasteiger partial charge in [0, 0.05) is 19.3 Å². The molecule has 3 aliphatic rings. The van der Waals surface area contributed by atoms with Gasteiger partial charge in [0.25, 0.3) is 5.91 Å². The third kappa shape index (κ3) is 2.17. The van der Waals surface area contributed by atoms with Crippen LogP contribution in [0.4, 0.5) is 0 Å². The van der Waals surface area contributed by atoms with E-state index in [1.165, 1.54) is 4.90 Å². The van der Waals surface area contributed by atoms with E-state index >= 15 is 0 Å². The molecule has 4 rings (SSSR count). The quantitative estimate of drug-likeness (QED) is 0.600. The van der Waals surface area contributed by atoms with E-state index in [1.54, 1.807) is 29.3 Å². The molecule has 0 spiro atoms. The van der Waals surface area contributed by atoms with E-state index in [2.05, 4.69) is 4.98 Å². The van der Waals surface area contributed by atoms with Crippen molar-refractivity contribution in [3.8, 4) is 0 Å². The highest BCUT2D eigenvalue weighted by Gasteiger charge is 2.52. The van der Waals surface area contributed by atoms with Gasteiger partial charge < -0.3 is 4.90 Å². The summed E-state index contributed by atoms with van der Waals surface area (Å²) in [6.07, 6.45) is 6.83. The summed E-state index contributed by atoms with van der Waals surface area (Å²) in [4.78, 5) is 44.3. The van der Waals surface area contributed by atoms with Crippen LogP contribution >= 0.6 is 0 Å². The predicted molar refractivity (Wildman–Crippen MR) is 81.1 cm³/mol. The average molecular weight is 311 g/mol. The molecule has 0 radical (unpaired) electrons. The molecule has 0 saturated carbocycles. The molecule has 2 atom stereocenters. The maximum atomic E-state index is 12.5. The average Bonchev–Trinajstić information content (AvgIpc) is 2.80. The lowest BCUT2D eigenvalue weighted by Crippen LogP contribution is -2.62. The minimum Gasteiger partial charge on any atom is -0.333 e. The van der Waals surface area contributed by atoms with Gasteiger partial charge in [-0.05, 0) is 25.0 Å². The first-order valence-corrected chi connectivity index (χ1v) is 7.89. The highest BCUT2D eigenvalue weighted by atomic mass is 16.2. The van der Waals surface area contributed by atoms with Crippen LogP contribution in [0.3, 0.4) is 0 Å². The first-order valence-electron chi connectivity index (χ1n) is 7.89. The molecule has 0 aromatic carbocycles. The summed E-state index contributed by atoms with van der Waals surface area (Å²) in [5.41, 5.74) is 0.392.